The molecule has 0 spiro atoms. The molecule has 3 heterocycles. The lowest BCUT2D eigenvalue weighted by atomic mass is 9.87. The van der Waals surface area contributed by atoms with Gasteiger partial charge in [0.1, 0.15) is 5.65 Å². The van der Waals surface area contributed by atoms with Crippen molar-refractivity contribution in [2.75, 3.05) is 0 Å². The summed E-state index contributed by atoms with van der Waals surface area (Å²) in [6.07, 6.45) is 6.56. The third-order valence-corrected chi connectivity index (χ3v) is 8.05. The van der Waals surface area contributed by atoms with Crippen molar-refractivity contribution in [1.82, 2.24) is 9.38 Å². The summed E-state index contributed by atoms with van der Waals surface area (Å²) in [5, 5.41) is 3.18. The second kappa shape index (κ2) is 4.80. The van der Waals surface area contributed by atoms with Crippen LogP contribution < -0.4 is 0 Å². The van der Waals surface area contributed by atoms with Crippen LogP contribution in [-0.2, 0) is 5.16 Å². The molecule has 3 aromatic rings. The van der Waals surface area contributed by atoms with E-state index in [1.807, 2.05) is 6.20 Å². The van der Waals surface area contributed by atoms with Crippen LogP contribution >= 0.6 is 8.58 Å². The van der Waals surface area contributed by atoms with E-state index in [1.54, 1.807) is 0 Å². The third kappa shape index (κ3) is 1.68. The van der Waals surface area contributed by atoms with Gasteiger partial charge in [0, 0.05) is 28.6 Å². The Morgan fingerprint density at radius 2 is 2.09 bits per heavy atom. The Kier molecular flexibility index (Phi) is 3.10. The highest BCUT2D eigenvalue weighted by Gasteiger charge is 2.53. The van der Waals surface area contributed by atoms with Crippen LogP contribution in [0.5, 0.6) is 0 Å². The summed E-state index contributed by atoms with van der Waals surface area (Å²) in [5.41, 5.74) is 6.21. The maximum atomic E-state index is 4.70. The molecule has 2 aromatic heterocycles. The molecule has 3 unspecified atom stereocenters. The van der Waals surface area contributed by atoms with Crippen molar-refractivity contribution in [3.8, 4) is 0 Å². The first-order valence-corrected chi connectivity index (χ1v) is 9.35. The van der Waals surface area contributed by atoms with Crippen LogP contribution in [0.15, 0.2) is 30.6 Å². The van der Waals surface area contributed by atoms with Gasteiger partial charge in [-0.3, -0.25) is 0 Å². The van der Waals surface area contributed by atoms with Gasteiger partial charge in [0.25, 0.3) is 0 Å². The molecule has 0 radical (unpaired) electrons. The molecule has 1 aliphatic rings. The van der Waals surface area contributed by atoms with E-state index in [0.29, 0.717) is 5.16 Å². The zero-order chi connectivity index (χ0) is 15.5. The zero-order valence-electron chi connectivity index (χ0n) is 13.8. The summed E-state index contributed by atoms with van der Waals surface area (Å²) in [6, 6.07) is 6.88. The number of pyridine rings is 1. The van der Waals surface area contributed by atoms with E-state index in [1.165, 1.54) is 40.4 Å². The van der Waals surface area contributed by atoms with Crippen LogP contribution in [0.2, 0.25) is 0 Å². The summed E-state index contributed by atoms with van der Waals surface area (Å²) in [7, 11) is 1.06. The number of aromatic nitrogens is 2. The highest BCUT2D eigenvalue weighted by atomic mass is 31.1. The summed E-state index contributed by atoms with van der Waals surface area (Å²) in [6.45, 7) is 9.12. The second-order valence-corrected chi connectivity index (χ2v) is 8.37. The molecule has 3 heteroatoms. The van der Waals surface area contributed by atoms with Gasteiger partial charge in [-0.15, -0.1) is 8.58 Å². The van der Waals surface area contributed by atoms with E-state index in [4.69, 9.17) is 4.98 Å². The van der Waals surface area contributed by atoms with E-state index >= 15 is 0 Å². The van der Waals surface area contributed by atoms with Crippen molar-refractivity contribution < 1.29 is 0 Å². The van der Waals surface area contributed by atoms with Gasteiger partial charge in [-0.2, -0.15) is 0 Å². The van der Waals surface area contributed by atoms with Gasteiger partial charge in [0.2, 0.25) is 0 Å². The van der Waals surface area contributed by atoms with Gasteiger partial charge in [-0.05, 0) is 48.9 Å². The van der Waals surface area contributed by atoms with E-state index in [9.17, 15) is 0 Å². The van der Waals surface area contributed by atoms with E-state index < -0.39 is 0 Å². The Morgan fingerprint density at radius 1 is 1.27 bits per heavy atom. The lowest BCUT2D eigenvalue weighted by molar-refractivity contribution is 0.642. The minimum absolute atomic E-state index is 0.405. The highest BCUT2D eigenvalue weighted by Crippen LogP contribution is 2.71. The first-order chi connectivity index (χ1) is 10.6. The van der Waals surface area contributed by atoms with Crippen molar-refractivity contribution >= 4 is 25.0 Å². The molecule has 0 amide bonds. The van der Waals surface area contributed by atoms with Crippen molar-refractivity contribution in [3.05, 3.63) is 47.4 Å². The monoisotopic (exact) mass is 310 g/mol. The fourth-order valence-electron chi connectivity index (χ4n) is 4.14. The van der Waals surface area contributed by atoms with Crippen molar-refractivity contribution in [3.63, 3.8) is 0 Å². The summed E-state index contributed by atoms with van der Waals surface area (Å²) in [5.74, 6) is 0. The molecule has 114 valence electrons. The number of hydrogen-bond donors (Lipinski definition) is 0. The average molecular weight is 310 g/mol. The summed E-state index contributed by atoms with van der Waals surface area (Å²) < 4.78 is 2.26. The summed E-state index contributed by atoms with van der Waals surface area (Å²) in [4.78, 5) is 4.70. The van der Waals surface area contributed by atoms with Crippen LogP contribution in [0, 0.1) is 13.8 Å². The maximum absolute atomic E-state index is 4.70. The van der Waals surface area contributed by atoms with Crippen molar-refractivity contribution in [2.45, 2.75) is 51.4 Å². The highest BCUT2D eigenvalue weighted by molar-refractivity contribution is 7.49. The van der Waals surface area contributed by atoms with Crippen LogP contribution in [0.3, 0.4) is 0 Å². The van der Waals surface area contributed by atoms with Gasteiger partial charge in [-0.25, -0.2) is 4.98 Å². The van der Waals surface area contributed by atoms with Gasteiger partial charge in [-0.1, -0.05) is 32.0 Å². The molecule has 0 saturated carbocycles. The van der Waals surface area contributed by atoms with Crippen molar-refractivity contribution in [2.24, 2.45) is 0 Å². The van der Waals surface area contributed by atoms with E-state index in [0.717, 1.165) is 19.9 Å². The van der Waals surface area contributed by atoms with E-state index in [2.05, 4.69) is 56.5 Å². The molecular weight excluding hydrogens is 287 g/mol. The molecule has 0 N–H and O–H groups in total. The average Bonchev–Trinajstić information content (AvgIpc) is 3.08. The Balaban J connectivity index is 2.13. The first-order valence-electron chi connectivity index (χ1n) is 8.27. The van der Waals surface area contributed by atoms with Gasteiger partial charge >= 0.3 is 0 Å². The summed E-state index contributed by atoms with van der Waals surface area (Å²) >= 11 is 0. The van der Waals surface area contributed by atoms with Crippen molar-refractivity contribution in [1.29, 1.82) is 0 Å². The lowest BCUT2D eigenvalue weighted by Crippen LogP contribution is -2.12. The minimum atomic E-state index is 0.405. The molecule has 1 fully saturated rings. The number of fused-ring (bicyclic) bond motifs is 3. The number of rotatable bonds is 3. The molecule has 22 heavy (non-hydrogen) atoms. The first kappa shape index (κ1) is 14.2. The van der Waals surface area contributed by atoms with Gasteiger partial charge in [0.15, 0.2) is 0 Å². The zero-order valence-corrected chi connectivity index (χ0v) is 14.8. The van der Waals surface area contributed by atoms with Gasteiger partial charge in [0.05, 0.1) is 0 Å². The Labute approximate surface area is 133 Å². The number of imidazole rings is 1. The third-order valence-electron chi connectivity index (χ3n) is 5.63. The van der Waals surface area contributed by atoms with Crippen LogP contribution in [0.25, 0.3) is 16.4 Å². The topological polar surface area (TPSA) is 17.3 Å². The number of hydrogen-bond acceptors (Lipinski definition) is 1. The molecule has 3 atom stereocenters. The predicted octanol–water partition coefficient (Wildman–Crippen LogP) is 5.18. The Hall–Kier alpha value is -1.40. The van der Waals surface area contributed by atoms with Crippen LogP contribution in [-0.4, -0.2) is 15.0 Å². The number of benzene rings is 1. The molecule has 0 bridgehead atoms. The molecule has 2 nitrogen and oxygen atoms in total. The normalized spacial score (nSPS) is 25.4. The number of nitrogens with zero attached hydrogens (tertiary/aromatic N) is 2. The molecule has 1 saturated heterocycles. The maximum Gasteiger partial charge on any atom is 0.145 e. The molecular formula is C19H23N2P. The number of aryl methyl sites for hydroxylation is 2. The largest absolute Gasteiger partial charge is 0.304 e. The smallest absolute Gasteiger partial charge is 0.145 e. The SMILES string of the molecule is CCC1PC1(CC)c1cccc2c(C)c(C)n3ccnc3c12. The Morgan fingerprint density at radius 3 is 2.77 bits per heavy atom. The van der Waals surface area contributed by atoms with Crippen LogP contribution in [0.1, 0.15) is 43.5 Å². The molecule has 0 aliphatic carbocycles. The molecule has 1 aromatic carbocycles. The lowest BCUT2D eigenvalue weighted by Gasteiger charge is -2.20. The predicted molar refractivity (Wildman–Crippen MR) is 96.5 cm³/mol. The van der Waals surface area contributed by atoms with Crippen LogP contribution in [0.4, 0.5) is 0 Å². The molecule has 1 aliphatic heterocycles. The molecule has 4 rings (SSSR count). The minimum Gasteiger partial charge on any atom is -0.304 e. The fourth-order valence-corrected chi connectivity index (χ4v) is 6.01. The fraction of sp³-hybridized carbons (Fsp3) is 0.421. The van der Waals surface area contributed by atoms with Gasteiger partial charge < -0.3 is 4.40 Å². The second-order valence-electron chi connectivity index (χ2n) is 6.49. The van der Waals surface area contributed by atoms with E-state index in [-0.39, 0.29) is 0 Å². The Bertz CT molecular complexity index is 880. The standard InChI is InChI=1S/C19H23N2P/c1-5-16-19(6-2,22-16)15-9-7-8-14-12(3)13(4)21-11-10-20-18(21)17(14)15/h7-11,16,22H,5-6H2,1-4H3. The quantitative estimate of drug-likeness (QED) is 0.609.